The van der Waals surface area contributed by atoms with Gasteiger partial charge in [0, 0.05) is 41.7 Å². The van der Waals surface area contributed by atoms with E-state index >= 15 is 0 Å². The monoisotopic (exact) mass is 671 g/mol. The Hall–Kier alpha value is -3.54. The zero-order valence-corrected chi connectivity index (χ0v) is 26.7. The lowest BCUT2D eigenvalue weighted by atomic mass is 10.0. The van der Waals surface area contributed by atoms with Crippen LogP contribution in [-0.4, -0.2) is 47.2 Å². The van der Waals surface area contributed by atoms with E-state index in [9.17, 15) is 22.7 Å². The number of carbonyl (C=O) groups excluding carboxylic acids is 1. The molecule has 1 heterocycles. The summed E-state index contributed by atoms with van der Waals surface area (Å²) in [7, 11) is -2.60. The van der Waals surface area contributed by atoms with E-state index in [1.807, 2.05) is 35.7 Å². The van der Waals surface area contributed by atoms with Crippen LogP contribution in [0.25, 0.3) is 10.6 Å². The van der Waals surface area contributed by atoms with Crippen LogP contribution in [0.5, 0.6) is 5.75 Å². The van der Waals surface area contributed by atoms with Crippen molar-refractivity contribution in [3.8, 4) is 16.3 Å². The van der Waals surface area contributed by atoms with Crippen LogP contribution in [0.2, 0.25) is 10.0 Å². The molecule has 1 aromatic heterocycles. The summed E-state index contributed by atoms with van der Waals surface area (Å²) >= 11 is 13.6. The molecular formula is C32H28Cl2FN3O4S2. The molecule has 1 amide bonds. The highest BCUT2D eigenvalue weighted by molar-refractivity contribution is 7.89. The number of rotatable bonds is 10. The largest absolute Gasteiger partial charge is 0.505 e. The maximum atomic E-state index is 13.8. The lowest BCUT2D eigenvalue weighted by Gasteiger charge is -2.27. The van der Waals surface area contributed by atoms with Crippen molar-refractivity contribution in [3.05, 3.63) is 123 Å². The summed E-state index contributed by atoms with van der Waals surface area (Å²) in [4.78, 5) is 19.0. The maximum absolute atomic E-state index is 13.8. The van der Waals surface area contributed by atoms with Crippen molar-refractivity contribution in [2.75, 3.05) is 13.6 Å². The number of sulfonamides is 1. The summed E-state index contributed by atoms with van der Waals surface area (Å²) in [5, 5.41) is 13.2. The van der Waals surface area contributed by atoms with Crippen molar-refractivity contribution in [2.24, 2.45) is 5.92 Å². The van der Waals surface area contributed by atoms with E-state index in [0.717, 1.165) is 22.3 Å². The van der Waals surface area contributed by atoms with Crippen LogP contribution in [0, 0.1) is 5.92 Å². The molecule has 0 saturated carbocycles. The summed E-state index contributed by atoms with van der Waals surface area (Å²) in [6, 6.07) is 18.9. The first-order valence-electron chi connectivity index (χ1n) is 13.6. The fourth-order valence-corrected chi connectivity index (χ4v) is 7.79. The quantitative estimate of drug-likeness (QED) is 0.186. The molecule has 0 radical (unpaired) electrons. The van der Waals surface area contributed by atoms with Crippen LogP contribution < -0.4 is 0 Å². The van der Waals surface area contributed by atoms with E-state index in [4.69, 9.17) is 23.2 Å². The molecule has 0 bridgehead atoms. The number of aromatic hydroxyl groups is 1. The first-order valence-corrected chi connectivity index (χ1v) is 16.6. The van der Waals surface area contributed by atoms with Gasteiger partial charge >= 0.3 is 0 Å². The Morgan fingerprint density at radius 2 is 1.82 bits per heavy atom. The average Bonchev–Trinajstić information content (AvgIpc) is 3.48. The van der Waals surface area contributed by atoms with Gasteiger partial charge in [-0.15, -0.1) is 11.3 Å². The van der Waals surface area contributed by atoms with Gasteiger partial charge in [0.25, 0.3) is 5.91 Å². The molecule has 0 saturated heterocycles. The van der Waals surface area contributed by atoms with E-state index in [0.29, 0.717) is 24.1 Å². The number of hydrogen-bond acceptors (Lipinski definition) is 6. The predicted molar refractivity (Wildman–Crippen MR) is 172 cm³/mol. The van der Waals surface area contributed by atoms with Gasteiger partial charge in [0.2, 0.25) is 10.0 Å². The molecule has 7 nitrogen and oxygen atoms in total. The number of benzene rings is 3. The summed E-state index contributed by atoms with van der Waals surface area (Å²) < 4.78 is 42.4. The third kappa shape index (κ3) is 7.39. The second-order valence-corrected chi connectivity index (χ2v) is 14.0. The van der Waals surface area contributed by atoms with Crippen LogP contribution >= 0.6 is 34.5 Å². The highest BCUT2D eigenvalue weighted by Gasteiger charge is 2.31. The molecule has 1 aliphatic rings. The van der Waals surface area contributed by atoms with Gasteiger partial charge in [-0.25, -0.2) is 17.8 Å². The molecule has 3 aromatic carbocycles. The van der Waals surface area contributed by atoms with Gasteiger partial charge in [0.15, 0.2) is 5.75 Å². The lowest BCUT2D eigenvalue weighted by Crippen LogP contribution is -2.35. The van der Waals surface area contributed by atoms with Gasteiger partial charge < -0.3 is 10.0 Å². The zero-order valence-electron chi connectivity index (χ0n) is 23.5. The van der Waals surface area contributed by atoms with Crippen molar-refractivity contribution in [2.45, 2.75) is 24.4 Å². The standard InChI is InChI=1S/C32H28Cl2FN3O4S2/c1-37(19-27-20-43-31(36-27)23-5-3-2-4-6-23)32(40)24-11-7-21(8-12-24)17-38(18-22-9-13-26(35)14-10-22)44(41,42)29-16-25(33)15-28(34)30(29)39/h2-9,11-16,20,22,39H,10,17-19H2,1H3/t22-/m0/s1. The third-order valence-electron chi connectivity index (χ3n) is 7.07. The Morgan fingerprint density at radius 3 is 2.50 bits per heavy atom. The molecule has 0 unspecified atom stereocenters. The molecule has 4 aromatic rings. The van der Waals surface area contributed by atoms with E-state index in [1.165, 1.54) is 33.9 Å². The minimum Gasteiger partial charge on any atom is -0.505 e. The van der Waals surface area contributed by atoms with Gasteiger partial charge in [-0.2, -0.15) is 4.31 Å². The van der Waals surface area contributed by atoms with Gasteiger partial charge in [-0.05, 0) is 54.3 Å². The number of allylic oxidation sites excluding steroid dienone is 3. The molecule has 12 heteroatoms. The van der Waals surface area contributed by atoms with Gasteiger partial charge in [0.1, 0.15) is 15.7 Å². The van der Waals surface area contributed by atoms with Gasteiger partial charge in [-0.3, -0.25) is 4.79 Å². The first-order chi connectivity index (χ1) is 21.0. The van der Waals surface area contributed by atoms with Gasteiger partial charge in [0.05, 0.1) is 17.3 Å². The molecule has 1 atom stereocenters. The molecule has 0 fully saturated rings. The summed E-state index contributed by atoms with van der Waals surface area (Å²) in [5.74, 6) is -1.50. The molecule has 44 heavy (non-hydrogen) atoms. The Balaban J connectivity index is 1.32. The Morgan fingerprint density at radius 1 is 1.09 bits per heavy atom. The highest BCUT2D eigenvalue weighted by Crippen LogP contribution is 2.37. The summed E-state index contributed by atoms with van der Waals surface area (Å²) in [6.07, 6.45) is 4.62. The molecule has 228 valence electrons. The fraction of sp³-hybridized carbons (Fsp3) is 0.188. The highest BCUT2D eigenvalue weighted by atomic mass is 35.5. The molecule has 1 N–H and O–H groups in total. The number of hydrogen-bond donors (Lipinski definition) is 1. The lowest BCUT2D eigenvalue weighted by molar-refractivity contribution is 0.0783. The van der Waals surface area contributed by atoms with Crippen LogP contribution in [0.15, 0.2) is 101 Å². The minimum absolute atomic E-state index is 0.00815. The number of amides is 1. The van der Waals surface area contributed by atoms with Crippen LogP contribution in [0.4, 0.5) is 4.39 Å². The van der Waals surface area contributed by atoms with Crippen molar-refractivity contribution >= 4 is 50.5 Å². The molecular weight excluding hydrogens is 644 g/mol. The van der Waals surface area contributed by atoms with Crippen LogP contribution in [0.1, 0.15) is 28.0 Å². The minimum atomic E-state index is -4.30. The Labute approximate surface area is 269 Å². The average molecular weight is 673 g/mol. The van der Waals surface area contributed by atoms with E-state index in [2.05, 4.69) is 4.98 Å². The number of phenols is 1. The van der Waals surface area contributed by atoms with Crippen LogP contribution in [-0.2, 0) is 23.1 Å². The number of phenolic OH excluding ortho intramolecular Hbond substituents is 1. The number of aromatic nitrogens is 1. The topological polar surface area (TPSA) is 90.8 Å². The SMILES string of the molecule is CN(Cc1csc(-c2ccccc2)n1)C(=O)c1ccc(CN(C[C@H]2C=CC(F)=CC2)S(=O)(=O)c2cc(Cl)cc(Cl)c2O)cc1. The van der Waals surface area contributed by atoms with Crippen molar-refractivity contribution in [3.63, 3.8) is 0 Å². The smallest absolute Gasteiger partial charge is 0.253 e. The Kier molecular flexibility index (Phi) is 9.87. The molecule has 0 spiro atoms. The van der Waals surface area contributed by atoms with Crippen molar-refractivity contribution in [1.29, 1.82) is 0 Å². The molecule has 1 aliphatic carbocycles. The fourth-order valence-electron chi connectivity index (χ4n) is 4.75. The summed E-state index contributed by atoms with van der Waals surface area (Å²) in [5.41, 5.74) is 2.83. The number of thiazole rings is 1. The van der Waals surface area contributed by atoms with Crippen molar-refractivity contribution in [1.82, 2.24) is 14.2 Å². The van der Waals surface area contributed by atoms with Gasteiger partial charge in [-0.1, -0.05) is 71.7 Å². The predicted octanol–water partition coefficient (Wildman–Crippen LogP) is 7.72. The second kappa shape index (κ2) is 13.6. The van der Waals surface area contributed by atoms with E-state index in [1.54, 1.807) is 42.3 Å². The summed E-state index contributed by atoms with van der Waals surface area (Å²) in [6.45, 7) is 0.258. The molecule has 0 aliphatic heterocycles. The molecule has 5 rings (SSSR count). The maximum Gasteiger partial charge on any atom is 0.253 e. The van der Waals surface area contributed by atoms with Crippen LogP contribution in [0.3, 0.4) is 0 Å². The normalized spacial score (nSPS) is 14.9. The number of carbonyl (C=O) groups is 1. The Bertz CT molecular complexity index is 1830. The third-order valence-corrected chi connectivity index (χ3v) is 10.3. The zero-order chi connectivity index (χ0) is 31.4. The second-order valence-electron chi connectivity index (χ2n) is 10.3. The number of halogens is 3. The van der Waals surface area contributed by atoms with Crippen molar-refractivity contribution < 1.29 is 22.7 Å². The number of nitrogens with zero attached hydrogens (tertiary/aromatic N) is 3. The van der Waals surface area contributed by atoms with E-state index < -0.39 is 20.7 Å². The first kappa shape index (κ1) is 31.9. The van der Waals surface area contributed by atoms with E-state index in [-0.39, 0.29) is 40.8 Å².